The van der Waals surface area contributed by atoms with E-state index in [4.69, 9.17) is 0 Å². The van der Waals surface area contributed by atoms with Gasteiger partial charge in [-0.25, -0.2) is 8.78 Å². The molecule has 4 atom stereocenters. The molecular formula is C7H12F2N2. The van der Waals surface area contributed by atoms with Crippen molar-refractivity contribution in [3.05, 3.63) is 0 Å². The van der Waals surface area contributed by atoms with Crippen molar-refractivity contribution in [2.45, 2.75) is 37.3 Å². The summed E-state index contributed by atoms with van der Waals surface area (Å²) in [5.41, 5.74) is 0. The number of rotatable bonds is 0. The molecule has 2 aliphatic rings. The van der Waals surface area contributed by atoms with Gasteiger partial charge in [0, 0.05) is 19.1 Å². The van der Waals surface area contributed by atoms with Crippen LogP contribution in [0.25, 0.3) is 0 Å². The van der Waals surface area contributed by atoms with Crippen LogP contribution in [0.15, 0.2) is 0 Å². The summed E-state index contributed by atoms with van der Waals surface area (Å²) >= 11 is 0. The minimum absolute atomic E-state index is 0.00810. The van der Waals surface area contributed by atoms with Crippen LogP contribution in [0, 0.1) is 0 Å². The van der Waals surface area contributed by atoms with Crippen LogP contribution < -0.4 is 10.6 Å². The zero-order valence-corrected chi connectivity index (χ0v) is 6.19. The summed E-state index contributed by atoms with van der Waals surface area (Å²) in [6, 6.07) is -0.143. The Morgan fingerprint density at radius 1 is 1.09 bits per heavy atom. The van der Waals surface area contributed by atoms with Gasteiger partial charge in [-0.3, -0.25) is 10.6 Å². The average Bonchev–Trinajstić information content (AvgIpc) is 2.34. The van der Waals surface area contributed by atoms with Gasteiger partial charge in [-0.2, -0.15) is 0 Å². The highest BCUT2D eigenvalue weighted by Gasteiger charge is 2.40. The van der Waals surface area contributed by atoms with Crippen molar-refractivity contribution in [1.29, 1.82) is 0 Å². The summed E-state index contributed by atoms with van der Waals surface area (Å²) in [6.45, 7) is 0.614. The molecule has 1 aliphatic heterocycles. The lowest BCUT2D eigenvalue weighted by Gasteiger charge is -2.30. The maximum absolute atomic E-state index is 13.0. The minimum atomic E-state index is -1.02. The predicted octanol–water partition coefficient (Wildman–Crippen LogP) is 0.344. The van der Waals surface area contributed by atoms with Gasteiger partial charge in [0.1, 0.15) is 12.3 Å². The van der Waals surface area contributed by atoms with E-state index in [1.54, 1.807) is 0 Å². The molecule has 0 radical (unpaired) electrons. The van der Waals surface area contributed by atoms with Crippen LogP contribution in [0.4, 0.5) is 8.78 Å². The minimum Gasteiger partial charge on any atom is -0.300 e. The van der Waals surface area contributed by atoms with Crippen molar-refractivity contribution in [3.63, 3.8) is 0 Å². The molecule has 0 spiro atoms. The molecule has 1 saturated carbocycles. The lowest BCUT2D eigenvalue weighted by atomic mass is 9.89. The highest BCUT2D eigenvalue weighted by molar-refractivity contribution is 4.98. The molecule has 2 fully saturated rings. The summed E-state index contributed by atoms with van der Waals surface area (Å²) in [5, 5.41) is 6.00. The molecule has 0 aromatic rings. The summed E-state index contributed by atoms with van der Waals surface area (Å²) in [4.78, 5) is 0. The van der Waals surface area contributed by atoms with E-state index in [-0.39, 0.29) is 18.5 Å². The van der Waals surface area contributed by atoms with E-state index in [0.717, 1.165) is 0 Å². The molecule has 1 saturated heterocycles. The molecule has 11 heavy (non-hydrogen) atoms. The Morgan fingerprint density at radius 3 is 2.73 bits per heavy atom. The highest BCUT2D eigenvalue weighted by atomic mass is 19.1. The van der Waals surface area contributed by atoms with E-state index >= 15 is 0 Å². The molecule has 0 amide bonds. The zero-order chi connectivity index (χ0) is 7.84. The van der Waals surface area contributed by atoms with Gasteiger partial charge in [-0.05, 0) is 6.42 Å². The van der Waals surface area contributed by atoms with Crippen molar-refractivity contribution in [2.24, 2.45) is 0 Å². The van der Waals surface area contributed by atoms with Crippen LogP contribution in [-0.4, -0.2) is 31.1 Å². The number of nitrogens with one attached hydrogen (secondary N) is 2. The summed E-state index contributed by atoms with van der Waals surface area (Å²) in [6.07, 6.45) is -1.45. The number of hydrogen-bond donors (Lipinski definition) is 2. The van der Waals surface area contributed by atoms with Crippen LogP contribution >= 0.6 is 0 Å². The predicted molar refractivity (Wildman–Crippen MR) is 37.7 cm³/mol. The van der Waals surface area contributed by atoms with Crippen LogP contribution in [0.3, 0.4) is 0 Å². The maximum Gasteiger partial charge on any atom is 0.120 e. The Balaban J connectivity index is 2.04. The first-order valence-electron chi connectivity index (χ1n) is 4.02. The fourth-order valence-corrected chi connectivity index (χ4v) is 1.95. The van der Waals surface area contributed by atoms with Crippen LogP contribution in [0.5, 0.6) is 0 Å². The number of hydrogen-bond acceptors (Lipinski definition) is 2. The fourth-order valence-electron chi connectivity index (χ4n) is 1.95. The molecule has 1 heterocycles. The Kier molecular flexibility index (Phi) is 1.81. The Hall–Kier alpha value is -0.220. The molecule has 1 aliphatic carbocycles. The third-order valence-corrected chi connectivity index (χ3v) is 2.52. The van der Waals surface area contributed by atoms with Gasteiger partial charge < -0.3 is 0 Å². The van der Waals surface area contributed by atoms with E-state index < -0.39 is 12.3 Å². The average molecular weight is 162 g/mol. The SMILES string of the molecule is FC1CC(F)C2NCNC2C1. The molecule has 64 valence electrons. The normalized spacial score (nSPS) is 50.7. The van der Waals surface area contributed by atoms with Crippen LogP contribution in [-0.2, 0) is 0 Å². The van der Waals surface area contributed by atoms with Gasteiger partial charge in [0.05, 0.1) is 6.04 Å². The van der Waals surface area contributed by atoms with E-state index in [9.17, 15) is 8.78 Å². The molecule has 2 rings (SSSR count). The first-order valence-corrected chi connectivity index (χ1v) is 4.02. The van der Waals surface area contributed by atoms with Crippen molar-refractivity contribution in [2.75, 3.05) is 6.67 Å². The second kappa shape index (κ2) is 2.68. The van der Waals surface area contributed by atoms with Crippen molar-refractivity contribution < 1.29 is 8.78 Å². The second-order valence-corrected chi connectivity index (χ2v) is 3.30. The van der Waals surface area contributed by atoms with Gasteiger partial charge in [0.2, 0.25) is 0 Å². The van der Waals surface area contributed by atoms with E-state index in [2.05, 4.69) is 10.6 Å². The summed E-state index contributed by atoms with van der Waals surface area (Å²) < 4.78 is 25.8. The van der Waals surface area contributed by atoms with Crippen LogP contribution in [0.1, 0.15) is 12.8 Å². The Morgan fingerprint density at radius 2 is 1.91 bits per heavy atom. The molecule has 2 N–H and O–H groups in total. The van der Waals surface area contributed by atoms with Crippen LogP contribution in [0.2, 0.25) is 0 Å². The van der Waals surface area contributed by atoms with Crippen molar-refractivity contribution >= 4 is 0 Å². The quantitative estimate of drug-likeness (QED) is 0.537. The zero-order valence-electron chi connectivity index (χ0n) is 6.19. The summed E-state index contributed by atoms with van der Waals surface area (Å²) in [5.74, 6) is 0. The third-order valence-electron chi connectivity index (χ3n) is 2.52. The molecule has 0 bridgehead atoms. The molecule has 0 aromatic carbocycles. The third kappa shape index (κ3) is 1.25. The second-order valence-electron chi connectivity index (χ2n) is 3.30. The standard InChI is InChI=1S/C7H12F2N2/c8-4-1-5(9)7-6(2-4)10-3-11-7/h4-7,10-11H,1-3H2. The molecule has 4 unspecified atom stereocenters. The van der Waals surface area contributed by atoms with Crippen molar-refractivity contribution in [1.82, 2.24) is 10.6 Å². The van der Waals surface area contributed by atoms with E-state index in [0.29, 0.717) is 13.1 Å². The number of halogens is 2. The largest absolute Gasteiger partial charge is 0.300 e. The fraction of sp³-hybridized carbons (Fsp3) is 1.00. The molecular weight excluding hydrogens is 150 g/mol. The number of fused-ring (bicyclic) bond motifs is 1. The van der Waals surface area contributed by atoms with E-state index in [1.165, 1.54) is 0 Å². The first kappa shape index (κ1) is 7.43. The van der Waals surface area contributed by atoms with Gasteiger partial charge >= 0.3 is 0 Å². The maximum atomic E-state index is 13.0. The number of alkyl halides is 2. The van der Waals surface area contributed by atoms with E-state index in [1.807, 2.05) is 0 Å². The molecule has 4 heteroatoms. The topological polar surface area (TPSA) is 24.1 Å². The molecule has 2 nitrogen and oxygen atoms in total. The van der Waals surface area contributed by atoms with Gasteiger partial charge in [-0.1, -0.05) is 0 Å². The van der Waals surface area contributed by atoms with Gasteiger partial charge in [0.15, 0.2) is 0 Å². The lowest BCUT2D eigenvalue weighted by molar-refractivity contribution is 0.119. The lowest BCUT2D eigenvalue weighted by Crippen LogP contribution is -2.47. The molecule has 0 aromatic heterocycles. The first-order chi connectivity index (χ1) is 5.27. The Labute approximate surface area is 64.3 Å². The Bertz CT molecular complexity index is 153. The smallest absolute Gasteiger partial charge is 0.120 e. The van der Waals surface area contributed by atoms with Gasteiger partial charge in [-0.15, -0.1) is 0 Å². The van der Waals surface area contributed by atoms with Crippen molar-refractivity contribution in [3.8, 4) is 0 Å². The summed E-state index contributed by atoms with van der Waals surface area (Å²) in [7, 11) is 0. The highest BCUT2D eigenvalue weighted by Crippen LogP contribution is 2.26. The van der Waals surface area contributed by atoms with Gasteiger partial charge in [0.25, 0.3) is 0 Å². The monoisotopic (exact) mass is 162 g/mol.